The first kappa shape index (κ1) is 15.8. The van der Waals surface area contributed by atoms with Gasteiger partial charge in [-0.25, -0.2) is 0 Å². The van der Waals surface area contributed by atoms with Gasteiger partial charge in [0.25, 0.3) is 0 Å². The van der Waals surface area contributed by atoms with Gasteiger partial charge in [0.15, 0.2) is 5.82 Å². The summed E-state index contributed by atoms with van der Waals surface area (Å²) in [6.07, 6.45) is 0. The number of thioether (sulfide) groups is 1. The topological polar surface area (TPSA) is 69.1 Å². The van der Waals surface area contributed by atoms with Crippen molar-refractivity contribution in [1.29, 1.82) is 0 Å². The fourth-order valence-electron chi connectivity index (χ4n) is 2.10. The molecule has 1 unspecified atom stereocenters. The van der Waals surface area contributed by atoms with E-state index in [0.717, 1.165) is 16.4 Å². The van der Waals surface area contributed by atoms with E-state index in [2.05, 4.69) is 15.3 Å². The Morgan fingerprint density at radius 1 is 1.27 bits per heavy atom. The zero-order valence-corrected chi connectivity index (χ0v) is 14.5. The Morgan fingerprint density at radius 2 is 2.05 bits per heavy atom. The highest BCUT2D eigenvalue weighted by atomic mass is 35.5. The highest BCUT2D eigenvalue weighted by Gasteiger charge is 2.25. The van der Waals surface area contributed by atoms with Crippen molar-refractivity contribution in [2.75, 3.05) is 5.75 Å². The van der Waals surface area contributed by atoms with Gasteiger partial charge in [-0.05, 0) is 18.1 Å². The van der Waals surface area contributed by atoms with Crippen LogP contribution in [0.5, 0.6) is 0 Å². The molecule has 1 aromatic heterocycles. The van der Waals surface area contributed by atoms with Crippen molar-refractivity contribution in [2.45, 2.75) is 25.0 Å². The van der Waals surface area contributed by atoms with Gasteiger partial charge in [0.1, 0.15) is 0 Å². The molecule has 3 rings (SSSR count). The number of nitrogens with zero attached hydrogens (tertiary/aromatic N) is 4. The van der Waals surface area contributed by atoms with Crippen molar-refractivity contribution in [2.24, 2.45) is 16.8 Å². The van der Waals surface area contributed by atoms with Crippen LogP contribution in [0.3, 0.4) is 0 Å². The number of fused-ring (bicyclic) bond motifs is 1. The Bertz CT molecular complexity index is 741. The summed E-state index contributed by atoms with van der Waals surface area (Å²) in [6, 6.07) is 5.18. The second-order valence-electron chi connectivity index (χ2n) is 5.38. The molecule has 22 heavy (non-hydrogen) atoms. The average Bonchev–Trinajstić information content (AvgIpc) is 2.89. The van der Waals surface area contributed by atoms with Crippen molar-refractivity contribution in [3.05, 3.63) is 39.6 Å². The lowest BCUT2D eigenvalue weighted by Crippen LogP contribution is -2.23. The third-order valence-corrected chi connectivity index (χ3v) is 4.93. The van der Waals surface area contributed by atoms with Crippen LogP contribution in [0.15, 0.2) is 28.5 Å². The monoisotopic (exact) mass is 355 g/mol. The Hall–Kier alpha value is -1.08. The van der Waals surface area contributed by atoms with Gasteiger partial charge in [-0.1, -0.05) is 54.9 Å². The molecule has 1 aliphatic heterocycles. The molecule has 116 valence electrons. The lowest BCUT2D eigenvalue weighted by atomic mass is 10.1. The molecule has 0 fully saturated rings. The van der Waals surface area contributed by atoms with Crippen LogP contribution >= 0.6 is 35.0 Å². The van der Waals surface area contributed by atoms with Gasteiger partial charge in [0.05, 0.1) is 16.8 Å². The van der Waals surface area contributed by atoms with Crippen molar-refractivity contribution in [3.63, 3.8) is 0 Å². The molecule has 0 spiro atoms. The molecule has 1 aromatic carbocycles. The Morgan fingerprint density at radius 3 is 2.73 bits per heavy atom. The predicted octanol–water partition coefficient (Wildman–Crippen LogP) is 3.60. The van der Waals surface area contributed by atoms with Gasteiger partial charge >= 0.3 is 0 Å². The van der Waals surface area contributed by atoms with Crippen LogP contribution in [0.2, 0.25) is 10.0 Å². The third kappa shape index (κ3) is 2.88. The van der Waals surface area contributed by atoms with Crippen molar-refractivity contribution in [1.82, 2.24) is 14.9 Å². The first-order chi connectivity index (χ1) is 10.5. The molecule has 2 heterocycles. The molecule has 5 nitrogen and oxygen atoms in total. The van der Waals surface area contributed by atoms with E-state index < -0.39 is 0 Å². The van der Waals surface area contributed by atoms with Gasteiger partial charge in [-0.15, -0.1) is 10.2 Å². The summed E-state index contributed by atoms with van der Waals surface area (Å²) >= 11 is 13.8. The lowest BCUT2D eigenvalue weighted by Gasteiger charge is -2.18. The highest BCUT2D eigenvalue weighted by Crippen LogP contribution is 2.30. The fourth-order valence-corrected chi connectivity index (χ4v) is 3.46. The standard InChI is InChI=1S/C14H15Cl2N5S/c1-7(2)12(17)13-18-19-14-21(13)20-11(6-22-14)9-4-3-8(15)5-10(9)16/h3-5,7,12H,6,17H2,1-2H3. The molecule has 1 aliphatic rings. The Kier molecular flexibility index (Phi) is 4.45. The molecular formula is C14H15Cl2N5S. The van der Waals surface area contributed by atoms with E-state index in [0.29, 0.717) is 21.6 Å². The van der Waals surface area contributed by atoms with Crippen LogP contribution in [0.25, 0.3) is 0 Å². The molecule has 0 radical (unpaired) electrons. The van der Waals surface area contributed by atoms with E-state index in [4.69, 9.17) is 28.9 Å². The minimum atomic E-state index is -0.217. The number of aromatic nitrogens is 3. The van der Waals surface area contributed by atoms with Gasteiger partial charge in [-0.2, -0.15) is 9.78 Å². The number of hydrogen-bond donors (Lipinski definition) is 1. The second kappa shape index (κ2) is 6.20. The molecule has 0 saturated heterocycles. The molecule has 1 atom stereocenters. The van der Waals surface area contributed by atoms with Crippen LogP contribution in [0.1, 0.15) is 31.3 Å². The van der Waals surface area contributed by atoms with Gasteiger partial charge in [0.2, 0.25) is 5.16 Å². The maximum absolute atomic E-state index is 6.28. The van der Waals surface area contributed by atoms with E-state index in [1.165, 1.54) is 0 Å². The molecule has 0 amide bonds. The average molecular weight is 356 g/mol. The third-order valence-electron chi connectivity index (χ3n) is 3.45. The maximum atomic E-state index is 6.28. The van der Waals surface area contributed by atoms with Gasteiger partial charge in [0, 0.05) is 16.3 Å². The van der Waals surface area contributed by atoms with Crippen molar-refractivity contribution in [3.8, 4) is 0 Å². The summed E-state index contributed by atoms with van der Waals surface area (Å²) < 4.78 is 1.72. The largest absolute Gasteiger partial charge is 0.321 e. The molecule has 0 saturated carbocycles. The minimum Gasteiger partial charge on any atom is -0.321 e. The van der Waals surface area contributed by atoms with E-state index in [-0.39, 0.29) is 12.0 Å². The van der Waals surface area contributed by atoms with E-state index >= 15 is 0 Å². The second-order valence-corrected chi connectivity index (χ2v) is 7.17. The summed E-state index contributed by atoms with van der Waals surface area (Å²) in [6.45, 7) is 4.09. The molecule has 0 bridgehead atoms. The van der Waals surface area contributed by atoms with E-state index in [9.17, 15) is 0 Å². The Balaban J connectivity index is 2.04. The summed E-state index contributed by atoms with van der Waals surface area (Å²) in [5.74, 6) is 1.59. The van der Waals surface area contributed by atoms with Gasteiger partial charge in [-0.3, -0.25) is 0 Å². The Labute approximate surface area is 142 Å². The number of rotatable bonds is 3. The molecular weight excluding hydrogens is 341 g/mol. The van der Waals surface area contributed by atoms with Crippen LogP contribution < -0.4 is 5.73 Å². The first-order valence-electron chi connectivity index (χ1n) is 6.84. The van der Waals surface area contributed by atoms with Gasteiger partial charge < -0.3 is 5.73 Å². The van der Waals surface area contributed by atoms with Crippen LogP contribution in [-0.2, 0) is 0 Å². The number of hydrogen-bond acceptors (Lipinski definition) is 5. The highest BCUT2D eigenvalue weighted by molar-refractivity contribution is 7.99. The summed E-state index contributed by atoms with van der Waals surface area (Å²) in [5.41, 5.74) is 7.92. The molecule has 2 aromatic rings. The lowest BCUT2D eigenvalue weighted by molar-refractivity contribution is 0.470. The first-order valence-corrected chi connectivity index (χ1v) is 8.58. The number of halogens is 2. The number of benzene rings is 1. The van der Waals surface area contributed by atoms with Crippen LogP contribution in [0, 0.1) is 5.92 Å². The van der Waals surface area contributed by atoms with Crippen molar-refractivity contribution < 1.29 is 0 Å². The minimum absolute atomic E-state index is 0.217. The number of nitrogens with two attached hydrogens (primary N) is 1. The van der Waals surface area contributed by atoms with Crippen LogP contribution in [0.4, 0.5) is 0 Å². The molecule has 2 N–H and O–H groups in total. The zero-order valence-electron chi connectivity index (χ0n) is 12.1. The van der Waals surface area contributed by atoms with E-state index in [1.54, 1.807) is 28.6 Å². The normalized spacial score (nSPS) is 15.6. The van der Waals surface area contributed by atoms with Crippen LogP contribution in [-0.4, -0.2) is 26.3 Å². The molecule has 0 aliphatic carbocycles. The fraction of sp³-hybridized carbons (Fsp3) is 0.357. The van der Waals surface area contributed by atoms with E-state index in [1.807, 2.05) is 19.9 Å². The summed E-state index contributed by atoms with van der Waals surface area (Å²) in [4.78, 5) is 0. The predicted molar refractivity (Wildman–Crippen MR) is 90.9 cm³/mol. The quantitative estimate of drug-likeness (QED) is 0.912. The summed E-state index contributed by atoms with van der Waals surface area (Å²) in [7, 11) is 0. The smallest absolute Gasteiger partial charge is 0.212 e. The zero-order chi connectivity index (χ0) is 15.9. The SMILES string of the molecule is CC(C)C(N)c1nnc2n1N=C(c1ccc(Cl)cc1Cl)CS2. The van der Waals surface area contributed by atoms with Crippen molar-refractivity contribution >= 4 is 40.7 Å². The maximum Gasteiger partial charge on any atom is 0.212 e. The molecule has 8 heteroatoms. The summed E-state index contributed by atoms with van der Waals surface area (Å²) in [5, 5.41) is 14.9.